The number of rotatable bonds is 6. The summed E-state index contributed by atoms with van der Waals surface area (Å²) in [6.45, 7) is 5.99. The van der Waals surface area contributed by atoms with E-state index in [2.05, 4.69) is 31.4 Å². The summed E-state index contributed by atoms with van der Waals surface area (Å²) in [7, 11) is 0. The molecule has 0 aliphatic carbocycles. The highest BCUT2D eigenvalue weighted by Crippen LogP contribution is 2.30. The summed E-state index contributed by atoms with van der Waals surface area (Å²) >= 11 is 3.38. The van der Waals surface area contributed by atoms with Gasteiger partial charge in [0.25, 0.3) is 0 Å². The number of halogens is 4. The second-order valence-corrected chi connectivity index (χ2v) is 7.88. The van der Waals surface area contributed by atoms with Gasteiger partial charge in [-0.1, -0.05) is 12.1 Å². The average Bonchev–Trinajstić information content (AvgIpc) is 3.12. The number of benzene rings is 1. The van der Waals surface area contributed by atoms with Crippen molar-refractivity contribution in [3.63, 3.8) is 0 Å². The molecule has 0 saturated carbocycles. The summed E-state index contributed by atoms with van der Waals surface area (Å²) in [6, 6.07) is 5.14. The molecule has 3 aromatic rings. The Morgan fingerprint density at radius 1 is 1.17 bits per heavy atom. The third kappa shape index (κ3) is 5.10. The average molecular weight is 484 g/mol. The van der Waals surface area contributed by atoms with Crippen LogP contribution in [0, 0.1) is 20.8 Å². The normalized spacial score (nSPS) is 11.7. The molecule has 0 spiro atoms. The van der Waals surface area contributed by atoms with Crippen LogP contribution in [0.1, 0.15) is 34.6 Å². The summed E-state index contributed by atoms with van der Waals surface area (Å²) in [4.78, 5) is 12.4. The SMILES string of the molecule is Cc1nn(CCC(=O)Nc2c(C)nn(Cc3cccc(C(F)(F)F)c3)c2C)cc1Br. The van der Waals surface area contributed by atoms with Crippen molar-refractivity contribution in [2.45, 2.75) is 46.5 Å². The molecular weight excluding hydrogens is 463 g/mol. The van der Waals surface area contributed by atoms with E-state index in [1.165, 1.54) is 6.07 Å². The lowest BCUT2D eigenvalue weighted by Crippen LogP contribution is -2.16. The van der Waals surface area contributed by atoms with Crippen molar-refractivity contribution in [2.24, 2.45) is 0 Å². The highest BCUT2D eigenvalue weighted by atomic mass is 79.9. The number of aromatic nitrogens is 4. The van der Waals surface area contributed by atoms with Gasteiger partial charge in [0.05, 0.1) is 39.4 Å². The maximum absolute atomic E-state index is 12.9. The minimum Gasteiger partial charge on any atom is -0.323 e. The van der Waals surface area contributed by atoms with Crippen LogP contribution in [0.25, 0.3) is 0 Å². The molecule has 30 heavy (non-hydrogen) atoms. The Balaban J connectivity index is 1.68. The Labute approximate surface area is 180 Å². The van der Waals surface area contributed by atoms with Crippen LogP contribution in [-0.2, 0) is 24.1 Å². The first-order valence-corrected chi connectivity index (χ1v) is 10.0. The Kier molecular flexibility index (Phi) is 6.35. The topological polar surface area (TPSA) is 64.7 Å². The number of nitrogens with zero attached hydrogens (tertiary/aromatic N) is 4. The number of carbonyl (C=O) groups excluding carboxylic acids is 1. The van der Waals surface area contributed by atoms with Gasteiger partial charge < -0.3 is 5.32 Å². The summed E-state index contributed by atoms with van der Waals surface area (Å²) in [5, 5.41) is 11.5. The van der Waals surface area contributed by atoms with Crippen molar-refractivity contribution in [1.29, 1.82) is 0 Å². The van der Waals surface area contributed by atoms with Crippen molar-refractivity contribution in [3.05, 3.63) is 63.1 Å². The van der Waals surface area contributed by atoms with Gasteiger partial charge >= 0.3 is 6.18 Å². The molecule has 6 nitrogen and oxygen atoms in total. The highest BCUT2D eigenvalue weighted by molar-refractivity contribution is 9.10. The third-order valence-corrected chi connectivity index (χ3v) is 5.47. The van der Waals surface area contributed by atoms with E-state index in [0.29, 0.717) is 29.2 Å². The predicted molar refractivity (Wildman–Crippen MR) is 110 cm³/mol. The molecule has 0 aliphatic heterocycles. The smallest absolute Gasteiger partial charge is 0.323 e. The van der Waals surface area contributed by atoms with Crippen molar-refractivity contribution in [2.75, 3.05) is 5.32 Å². The van der Waals surface area contributed by atoms with Crippen LogP contribution in [0.15, 0.2) is 34.9 Å². The van der Waals surface area contributed by atoms with Crippen LogP contribution in [0.2, 0.25) is 0 Å². The number of hydrogen-bond donors (Lipinski definition) is 1. The molecule has 1 amide bonds. The fourth-order valence-electron chi connectivity index (χ4n) is 3.08. The van der Waals surface area contributed by atoms with E-state index in [1.807, 2.05) is 13.1 Å². The second kappa shape index (κ2) is 8.63. The van der Waals surface area contributed by atoms with Gasteiger partial charge in [0.1, 0.15) is 0 Å². The van der Waals surface area contributed by atoms with Crippen molar-refractivity contribution in [3.8, 4) is 0 Å². The number of nitrogens with one attached hydrogen (secondary N) is 1. The van der Waals surface area contributed by atoms with Crippen molar-refractivity contribution in [1.82, 2.24) is 19.6 Å². The number of amides is 1. The lowest BCUT2D eigenvalue weighted by atomic mass is 10.1. The molecule has 0 saturated heterocycles. The first-order chi connectivity index (χ1) is 14.0. The van der Waals surface area contributed by atoms with Gasteiger partial charge in [0.15, 0.2) is 0 Å². The molecule has 0 atom stereocenters. The molecule has 2 aromatic heterocycles. The lowest BCUT2D eigenvalue weighted by molar-refractivity contribution is -0.137. The van der Waals surface area contributed by atoms with Gasteiger partial charge in [0.2, 0.25) is 5.91 Å². The van der Waals surface area contributed by atoms with Crippen LogP contribution in [0.4, 0.5) is 18.9 Å². The zero-order valence-electron chi connectivity index (χ0n) is 16.7. The zero-order chi connectivity index (χ0) is 22.1. The minimum atomic E-state index is -4.40. The fourth-order valence-corrected chi connectivity index (χ4v) is 3.39. The maximum atomic E-state index is 12.9. The van der Waals surface area contributed by atoms with E-state index in [9.17, 15) is 18.0 Å². The largest absolute Gasteiger partial charge is 0.416 e. The Hall–Kier alpha value is -2.62. The number of anilines is 1. The monoisotopic (exact) mass is 483 g/mol. The van der Waals surface area contributed by atoms with Gasteiger partial charge in [0, 0.05) is 19.2 Å². The summed E-state index contributed by atoms with van der Waals surface area (Å²) in [6.07, 6.45) is -2.36. The van der Waals surface area contributed by atoms with Gasteiger partial charge in [-0.3, -0.25) is 14.2 Å². The fraction of sp³-hybridized carbons (Fsp3) is 0.350. The first-order valence-electron chi connectivity index (χ1n) is 9.24. The Bertz CT molecular complexity index is 1050. The van der Waals surface area contributed by atoms with E-state index < -0.39 is 11.7 Å². The van der Waals surface area contributed by atoms with Crippen LogP contribution >= 0.6 is 15.9 Å². The van der Waals surface area contributed by atoms with E-state index >= 15 is 0 Å². The molecule has 0 fully saturated rings. The summed E-state index contributed by atoms with van der Waals surface area (Å²) in [5.41, 5.74) is 2.48. The Morgan fingerprint density at radius 2 is 1.90 bits per heavy atom. The van der Waals surface area contributed by atoms with Gasteiger partial charge in [-0.15, -0.1) is 0 Å². The molecule has 0 unspecified atom stereocenters. The van der Waals surface area contributed by atoms with Gasteiger partial charge in [-0.2, -0.15) is 23.4 Å². The quantitative estimate of drug-likeness (QED) is 0.544. The highest BCUT2D eigenvalue weighted by Gasteiger charge is 2.30. The second-order valence-electron chi connectivity index (χ2n) is 7.03. The number of alkyl halides is 3. The third-order valence-electron chi connectivity index (χ3n) is 4.69. The van der Waals surface area contributed by atoms with Crippen LogP contribution in [-0.4, -0.2) is 25.5 Å². The molecule has 0 aliphatic rings. The van der Waals surface area contributed by atoms with Gasteiger partial charge in [-0.25, -0.2) is 0 Å². The molecule has 10 heteroatoms. The molecular formula is C20H21BrF3N5O. The molecule has 1 N–H and O–H groups in total. The van der Waals surface area contributed by atoms with Crippen LogP contribution in [0.3, 0.4) is 0 Å². The van der Waals surface area contributed by atoms with E-state index in [1.54, 1.807) is 29.3 Å². The maximum Gasteiger partial charge on any atom is 0.416 e. The molecule has 0 radical (unpaired) electrons. The lowest BCUT2D eigenvalue weighted by Gasteiger charge is -2.10. The molecule has 0 bridgehead atoms. The number of hydrogen-bond acceptors (Lipinski definition) is 3. The Morgan fingerprint density at radius 3 is 2.53 bits per heavy atom. The van der Waals surface area contributed by atoms with E-state index in [-0.39, 0.29) is 18.9 Å². The molecule has 2 heterocycles. The minimum absolute atomic E-state index is 0.174. The molecule has 160 valence electrons. The van der Waals surface area contributed by atoms with E-state index in [4.69, 9.17) is 0 Å². The first kappa shape index (κ1) is 22.1. The number of aryl methyl sites for hydroxylation is 3. The summed E-state index contributed by atoms with van der Waals surface area (Å²) < 4.78 is 43.0. The number of carbonyl (C=O) groups is 1. The zero-order valence-corrected chi connectivity index (χ0v) is 18.3. The molecule has 3 rings (SSSR count). The van der Waals surface area contributed by atoms with Gasteiger partial charge in [-0.05, 0) is 54.4 Å². The van der Waals surface area contributed by atoms with Crippen LogP contribution < -0.4 is 5.32 Å². The molecule has 1 aromatic carbocycles. The van der Waals surface area contributed by atoms with E-state index in [0.717, 1.165) is 22.3 Å². The van der Waals surface area contributed by atoms with Crippen molar-refractivity contribution < 1.29 is 18.0 Å². The van der Waals surface area contributed by atoms with Crippen LogP contribution in [0.5, 0.6) is 0 Å². The summed E-state index contributed by atoms with van der Waals surface area (Å²) in [5.74, 6) is -0.191. The standard InChI is InChI=1S/C20H21BrF3N5O/c1-12-17(21)11-28(26-12)8-7-18(30)25-19-13(2)27-29(14(19)3)10-15-5-4-6-16(9-15)20(22,23)24/h4-6,9,11H,7-8,10H2,1-3H3,(H,25,30). The predicted octanol–water partition coefficient (Wildman–Crippen LogP) is 4.86. The van der Waals surface area contributed by atoms with Crippen molar-refractivity contribution >= 4 is 27.5 Å².